The van der Waals surface area contributed by atoms with Crippen molar-refractivity contribution < 1.29 is 14.2 Å². The van der Waals surface area contributed by atoms with Gasteiger partial charge in [0.05, 0.1) is 6.61 Å². The molecule has 0 aliphatic carbocycles. The zero-order valence-electron chi connectivity index (χ0n) is 16.2. The van der Waals surface area contributed by atoms with E-state index < -0.39 is 0 Å². The van der Waals surface area contributed by atoms with Crippen LogP contribution in [0.3, 0.4) is 0 Å². The van der Waals surface area contributed by atoms with Crippen LogP contribution in [0.1, 0.15) is 24.5 Å². The summed E-state index contributed by atoms with van der Waals surface area (Å²) in [6, 6.07) is 9.94. The van der Waals surface area contributed by atoms with E-state index in [2.05, 4.69) is 33.6 Å². The van der Waals surface area contributed by atoms with Crippen molar-refractivity contribution >= 4 is 29.9 Å². The highest BCUT2D eigenvalue weighted by molar-refractivity contribution is 14.0. The Labute approximate surface area is 182 Å². The van der Waals surface area contributed by atoms with Crippen molar-refractivity contribution in [1.29, 1.82) is 0 Å². The number of aromatic nitrogens is 1. The predicted octanol–water partition coefficient (Wildman–Crippen LogP) is 3.12. The smallest absolute Gasteiger partial charge is 0.231 e. The van der Waals surface area contributed by atoms with Gasteiger partial charge < -0.3 is 24.8 Å². The minimum Gasteiger partial charge on any atom is -0.477 e. The maximum atomic E-state index is 5.69. The van der Waals surface area contributed by atoms with Gasteiger partial charge in [0.25, 0.3) is 0 Å². The number of hydrogen-bond acceptors (Lipinski definition) is 5. The Morgan fingerprint density at radius 3 is 2.89 bits per heavy atom. The monoisotopic (exact) mass is 498 g/mol. The molecule has 2 heterocycles. The highest BCUT2D eigenvalue weighted by Crippen LogP contribution is 2.32. The number of halogens is 1. The first-order valence-electron chi connectivity index (χ1n) is 9.20. The number of hydrogen-bond donors (Lipinski definition) is 2. The number of benzene rings is 1. The van der Waals surface area contributed by atoms with E-state index in [0.29, 0.717) is 25.8 Å². The molecule has 0 saturated carbocycles. The Morgan fingerprint density at radius 1 is 1.21 bits per heavy atom. The van der Waals surface area contributed by atoms with Gasteiger partial charge in [-0.1, -0.05) is 19.1 Å². The molecule has 28 heavy (non-hydrogen) atoms. The molecule has 0 unspecified atom stereocenters. The van der Waals surface area contributed by atoms with Crippen molar-refractivity contribution in [3.8, 4) is 17.4 Å². The molecule has 1 aliphatic rings. The van der Waals surface area contributed by atoms with Crippen LogP contribution in [0.5, 0.6) is 17.4 Å². The van der Waals surface area contributed by atoms with Gasteiger partial charge in [-0.3, -0.25) is 4.99 Å². The van der Waals surface area contributed by atoms with E-state index in [4.69, 9.17) is 14.2 Å². The Hall–Kier alpha value is -2.23. The lowest BCUT2D eigenvalue weighted by Crippen LogP contribution is -2.38. The topological polar surface area (TPSA) is 77.0 Å². The lowest BCUT2D eigenvalue weighted by atomic mass is 10.1. The average molecular weight is 498 g/mol. The van der Waals surface area contributed by atoms with Crippen molar-refractivity contribution in [3.05, 3.63) is 47.7 Å². The second-order valence-electron chi connectivity index (χ2n) is 6.11. The summed E-state index contributed by atoms with van der Waals surface area (Å²) in [6.07, 6.45) is 3.55. The second-order valence-corrected chi connectivity index (χ2v) is 6.11. The molecule has 0 saturated heterocycles. The normalized spacial score (nSPS) is 12.3. The van der Waals surface area contributed by atoms with Crippen molar-refractivity contribution in [1.82, 2.24) is 15.6 Å². The summed E-state index contributed by atoms with van der Waals surface area (Å²) in [5, 5.41) is 6.63. The molecule has 7 nitrogen and oxygen atoms in total. The third-order valence-electron chi connectivity index (χ3n) is 4.11. The van der Waals surface area contributed by atoms with Crippen LogP contribution in [0.2, 0.25) is 0 Å². The summed E-state index contributed by atoms with van der Waals surface area (Å²) >= 11 is 0. The van der Waals surface area contributed by atoms with Gasteiger partial charge in [-0.15, -0.1) is 24.0 Å². The minimum atomic E-state index is 0. The van der Waals surface area contributed by atoms with Crippen LogP contribution in [0, 0.1) is 0 Å². The number of fused-ring (bicyclic) bond motifs is 1. The summed E-state index contributed by atoms with van der Waals surface area (Å²) in [5.74, 6) is 3.02. The molecule has 1 aliphatic heterocycles. The number of aliphatic imine (C=N–C) groups is 1. The van der Waals surface area contributed by atoms with Crippen molar-refractivity contribution in [2.24, 2.45) is 4.99 Å². The van der Waals surface area contributed by atoms with Crippen molar-refractivity contribution in [2.45, 2.75) is 26.3 Å². The van der Waals surface area contributed by atoms with Crippen LogP contribution in [-0.2, 0) is 13.0 Å². The van der Waals surface area contributed by atoms with E-state index in [9.17, 15) is 0 Å². The molecule has 0 radical (unpaired) electrons. The molecule has 0 spiro atoms. The molecule has 0 bridgehead atoms. The first kappa shape index (κ1) is 22.1. The Morgan fingerprint density at radius 2 is 2.07 bits per heavy atom. The number of ether oxygens (including phenoxy) is 3. The van der Waals surface area contributed by atoms with Gasteiger partial charge >= 0.3 is 0 Å². The van der Waals surface area contributed by atoms with E-state index in [1.165, 1.54) is 5.56 Å². The third kappa shape index (κ3) is 6.15. The predicted molar refractivity (Wildman–Crippen MR) is 120 cm³/mol. The van der Waals surface area contributed by atoms with Crippen LogP contribution in [0.15, 0.2) is 41.5 Å². The SMILES string of the molecule is CCCOc1ncccc1CNC(=NC)NCCc1ccc2c(c1)OCO2.I. The summed E-state index contributed by atoms with van der Waals surface area (Å²) in [6.45, 7) is 4.38. The van der Waals surface area contributed by atoms with Crippen LogP contribution in [-0.4, -0.2) is 37.9 Å². The maximum absolute atomic E-state index is 5.69. The standard InChI is InChI=1S/C20H26N4O3.HI/c1-3-11-25-19-16(5-4-9-22-19)13-24-20(21-2)23-10-8-15-6-7-17-18(12-15)27-14-26-17;/h4-7,9,12H,3,8,10-11,13-14H2,1-2H3,(H2,21,23,24);1H. The van der Waals surface area contributed by atoms with Gasteiger partial charge in [-0.25, -0.2) is 4.98 Å². The third-order valence-corrected chi connectivity index (χ3v) is 4.11. The molecule has 1 aromatic carbocycles. The molecule has 2 aromatic rings. The summed E-state index contributed by atoms with van der Waals surface area (Å²) in [5.41, 5.74) is 2.19. The van der Waals surface area contributed by atoms with E-state index in [1.54, 1.807) is 13.2 Å². The summed E-state index contributed by atoms with van der Waals surface area (Å²) < 4.78 is 16.5. The second kappa shape index (κ2) is 11.6. The number of nitrogens with zero attached hydrogens (tertiary/aromatic N) is 2. The minimum absolute atomic E-state index is 0. The van der Waals surface area contributed by atoms with Gasteiger partial charge in [0.15, 0.2) is 17.5 Å². The molecule has 8 heteroatoms. The van der Waals surface area contributed by atoms with Crippen LogP contribution in [0.4, 0.5) is 0 Å². The number of nitrogens with one attached hydrogen (secondary N) is 2. The van der Waals surface area contributed by atoms with E-state index in [1.807, 2.05) is 24.3 Å². The zero-order valence-corrected chi connectivity index (χ0v) is 18.6. The first-order chi connectivity index (χ1) is 13.3. The molecule has 1 aromatic heterocycles. The molecule has 0 fully saturated rings. The fraction of sp³-hybridized carbons (Fsp3) is 0.400. The highest BCUT2D eigenvalue weighted by atomic mass is 127. The molecule has 2 N–H and O–H groups in total. The molecular formula is C20H27IN4O3. The number of pyridine rings is 1. The summed E-state index contributed by atoms with van der Waals surface area (Å²) in [4.78, 5) is 8.58. The lowest BCUT2D eigenvalue weighted by Gasteiger charge is -2.14. The maximum Gasteiger partial charge on any atom is 0.231 e. The molecule has 3 rings (SSSR count). The first-order valence-corrected chi connectivity index (χ1v) is 9.20. The Kier molecular flexibility index (Phi) is 9.12. The van der Waals surface area contributed by atoms with Crippen molar-refractivity contribution in [3.63, 3.8) is 0 Å². The highest BCUT2D eigenvalue weighted by Gasteiger charge is 2.13. The van der Waals surface area contributed by atoms with Gasteiger partial charge in [0, 0.05) is 31.9 Å². The van der Waals surface area contributed by atoms with E-state index >= 15 is 0 Å². The van der Waals surface area contributed by atoms with E-state index in [0.717, 1.165) is 42.4 Å². The molecule has 152 valence electrons. The van der Waals surface area contributed by atoms with Gasteiger partial charge in [0.2, 0.25) is 12.7 Å². The van der Waals surface area contributed by atoms with Crippen LogP contribution < -0.4 is 24.8 Å². The fourth-order valence-electron chi connectivity index (χ4n) is 2.71. The van der Waals surface area contributed by atoms with Crippen molar-refractivity contribution in [2.75, 3.05) is 27.0 Å². The Bertz CT molecular complexity index is 786. The quantitative estimate of drug-likeness (QED) is 0.331. The van der Waals surface area contributed by atoms with Gasteiger partial charge in [0.1, 0.15) is 0 Å². The number of guanidine groups is 1. The number of rotatable bonds is 8. The summed E-state index contributed by atoms with van der Waals surface area (Å²) in [7, 11) is 1.76. The van der Waals surface area contributed by atoms with Crippen LogP contribution >= 0.6 is 24.0 Å². The average Bonchev–Trinajstić information content (AvgIpc) is 3.17. The Balaban J connectivity index is 0.00000280. The van der Waals surface area contributed by atoms with E-state index in [-0.39, 0.29) is 24.0 Å². The largest absolute Gasteiger partial charge is 0.477 e. The molecule has 0 atom stereocenters. The van der Waals surface area contributed by atoms with Gasteiger partial charge in [-0.2, -0.15) is 0 Å². The molecule has 0 amide bonds. The van der Waals surface area contributed by atoms with Crippen LogP contribution in [0.25, 0.3) is 0 Å². The fourth-order valence-corrected chi connectivity index (χ4v) is 2.71. The lowest BCUT2D eigenvalue weighted by molar-refractivity contribution is 0.174. The molecular weight excluding hydrogens is 471 g/mol. The van der Waals surface area contributed by atoms with Gasteiger partial charge in [-0.05, 0) is 36.6 Å². The zero-order chi connectivity index (χ0) is 18.9.